The van der Waals surface area contributed by atoms with Gasteiger partial charge in [-0.2, -0.15) is 0 Å². The average molecular weight is 443 g/mol. The van der Waals surface area contributed by atoms with Gasteiger partial charge in [0.15, 0.2) is 0 Å². The Morgan fingerprint density at radius 1 is 1.00 bits per heavy atom. The highest BCUT2D eigenvalue weighted by Gasteiger charge is 2.29. The minimum Gasteiger partial charge on any atom is -0.456 e. The van der Waals surface area contributed by atoms with Gasteiger partial charge in [-0.3, -0.25) is 9.10 Å². The second kappa shape index (κ2) is 7.66. The van der Waals surface area contributed by atoms with Gasteiger partial charge in [-0.15, -0.1) is 0 Å². The number of rotatable bonds is 5. The predicted octanol–water partition coefficient (Wildman–Crippen LogP) is 5.03. The van der Waals surface area contributed by atoms with Crippen molar-refractivity contribution in [2.75, 3.05) is 15.9 Å². The third-order valence-corrected chi connectivity index (χ3v) is 6.27. The van der Waals surface area contributed by atoms with Gasteiger partial charge in [0, 0.05) is 27.5 Å². The smallest absolute Gasteiger partial charge is 0.247 e. The number of sulfonamides is 1. The number of halogens is 1. The maximum absolute atomic E-state index is 12.9. The molecule has 4 aromatic rings. The van der Waals surface area contributed by atoms with E-state index in [1.54, 1.807) is 30.3 Å². The third kappa shape index (κ3) is 3.86. The van der Waals surface area contributed by atoms with Crippen LogP contribution in [-0.2, 0) is 14.8 Å². The maximum Gasteiger partial charge on any atom is 0.247 e. The summed E-state index contributed by atoms with van der Waals surface area (Å²) in [5.41, 5.74) is 2.23. The van der Waals surface area contributed by atoms with Crippen LogP contribution >= 0.6 is 11.6 Å². The van der Waals surface area contributed by atoms with E-state index in [0.717, 1.165) is 26.9 Å². The molecule has 154 valence electrons. The number of carbonyl (C=O) groups is 1. The summed E-state index contributed by atoms with van der Waals surface area (Å²) in [5.74, 6) is -0.476. The number of carbonyl (C=O) groups excluding carboxylic acids is 1. The Balaban J connectivity index is 1.63. The van der Waals surface area contributed by atoms with Crippen LogP contribution in [0.2, 0.25) is 5.02 Å². The van der Waals surface area contributed by atoms with Crippen LogP contribution in [0.5, 0.6) is 0 Å². The first-order chi connectivity index (χ1) is 14.2. The largest absolute Gasteiger partial charge is 0.456 e. The van der Waals surface area contributed by atoms with Gasteiger partial charge in [-0.1, -0.05) is 35.9 Å². The molecule has 4 rings (SSSR count). The normalized spacial score (nSPS) is 12.8. The van der Waals surface area contributed by atoms with Crippen LogP contribution in [0.1, 0.15) is 6.92 Å². The molecule has 1 heterocycles. The van der Waals surface area contributed by atoms with Crippen LogP contribution in [0.3, 0.4) is 0 Å². The van der Waals surface area contributed by atoms with Crippen LogP contribution in [0.25, 0.3) is 21.9 Å². The number of anilines is 2. The standard InChI is InChI=1S/C22H19ClN2O4S/c1-14(25(30(2,27)28)17-7-5-6-15(23)12-17)22(26)24-16-10-11-19-18-8-3-4-9-20(18)29-21(19)13-16/h3-14H,1-2H3,(H,24,26). The zero-order valence-corrected chi connectivity index (χ0v) is 17.9. The lowest BCUT2D eigenvalue weighted by Gasteiger charge is -2.28. The number of amides is 1. The molecule has 1 N–H and O–H groups in total. The van der Waals surface area contributed by atoms with Crippen LogP contribution in [0, 0.1) is 0 Å². The predicted molar refractivity (Wildman–Crippen MR) is 121 cm³/mol. The molecule has 0 saturated carbocycles. The van der Waals surface area contributed by atoms with Gasteiger partial charge in [0.1, 0.15) is 17.2 Å². The highest BCUT2D eigenvalue weighted by molar-refractivity contribution is 7.92. The van der Waals surface area contributed by atoms with Gasteiger partial charge in [0.25, 0.3) is 0 Å². The molecule has 0 aliphatic rings. The molecule has 1 aromatic heterocycles. The number of nitrogens with zero attached hydrogens (tertiary/aromatic N) is 1. The second-order valence-corrected chi connectivity index (χ2v) is 9.31. The summed E-state index contributed by atoms with van der Waals surface area (Å²) in [6.45, 7) is 1.52. The van der Waals surface area contributed by atoms with E-state index in [9.17, 15) is 13.2 Å². The van der Waals surface area contributed by atoms with Crippen LogP contribution < -0.4 is 9.62 Å². The molecule has 30 heavy (non-hydrogen) atoms. The van der Waals surface area contributed by atoms with Gasteiger partial charge < -0.3 is 9.73 Å². The Kier molecular flexibility index (Phi) is 5.17. The first kappa shape index (κ1) is 20.3. The quantitative estimate of drug-likeness (QED) is 0.470. The number of hydrogen-bond acceptors (Lipinski definition) is 4. The summed E-state index contributed by atoms with van der Waals surface area (Å²) in [4.78, 5) is 12.9. The number of fused-ring (bicyclic) bond motifs is 3. The number of hydrogen-bond donors (Lipinski definition) is 1. The number of furan rings is 1. The molecule has 1 amide bonds. The van der Waals surface area contributed by atoms with Gasteiger partial charge in [-0.25, -0.2) is 8.42 Å². The Labute approximate surface area is 179 Å². The maximum atomic E-state index is 12.9. The summed E-state index contributed by atoms with van der Waals surface area (Å²) in [6, 6.07) is 18.4. The Bertz CT molecular complexity index is 1360. The lowest BCUT2D eigenvalue weighted by atomic mass is 10.1. The molecule has 6 nitrogen and oxygen atoms in total. The van der Waals surface area contributed by atoms with E-state index >= 15 is 0 Å². The van der Waals surface area contributed by atoms with Crippen LogP contribution in [-0.4, -0.2) is 26.6 Å². The Morgan fingerprint density at radius 2 is 1.73 bits per heavy atom. The molecule has 0 spiro atoms. The van der Waals surface area contributed by atoms with E-state index in [2.05, 4.69) is 5.32 Å². The van der Waals surface area contributed by atoms with E-state index in [1.807, 2.05) is 30.3 Å². The molecule has 0 radical (unpaired) electrons. The van der Waals surface area contributed by atoms with E-state index in [4.69, 9.17) is 16.0 Å². The summed E-state index contributed by atoms with van der Waals surface area (Å²) in [7, 11) is -3.73. The van der Waals surface area contributed by atoms with E-state index in [-0.39, 0.29) is 0 Å². The van der Waals surface area contributed by atoms with Crippen molar-refractivity contribution in [3.05, 3.63) is 71.8 Å². The van der Waals surface area contributed by atoms with Crippen molar-refractivity contribution in [2.24, 2.45) is 0 Å². The highest BCUT2D eigenvalue weighted by atomic mass is 35.5. The lowest BCUT2D eigenvalue weighted by molar-refractivity contribution is -0.116. The van der Waals surface area contributed by atoms with Crippen molar-refractivity contribution in [3.63, 3.8) is 0 Å². The molecule has 0 bridgehead atoms. The number of para-hydroxylation sites is 1. The fourth-order valence-corrected chi connectivity index (χ4v) is 4.82. The van der Waals surface area contributed by atoms with E-state index < -0.39 is 22.0 Å². The Hall–Kier alpha value is -3.03. The van der Waals surface area contributed by atoms with E-state index in [1.165, 1.54) is 13.0 Å². The molecule has 3 aromatic carbocycles. The van der Waals surface area contributed by atoms with Crippen molar-refractivity contribution in [1.82, 2.24) is 0 Å². The van der Waals surface area contributed by atoms with Gasteiger partial charge in [-0.05, 0) is 43.3 Å². The topological polar surface area (TPSA) is 79.6 Å². The average Bonchev–Trinajstić information content (AvgIpc) is 3.04. The fourth-order valence-electron chi connectivity index (χ4n) is 3.47. The molecular formula is C22H19ClN2O4S. The summed E-state index contributed by atoms with van der Waals surface area (Å²) < 4.78 is 31.7. The van der Waals surface area contributed by atoms with Crippen molar-refractivity contribution < 1.29 is 17.6 Å². The monoisotopic (exact) mass is 442 g/mol. The summed E-state index contributed by atoms with van der Waals surface area (Å²) >= 11 is 6.01. The van der Waals surface area contributed by atoms with Gasteiger partial charge in [0.2, 0.25) is 15.9 Å². The molecule has 0 saturated heterocycles. The van der Waals surface area contributed by atoms with Gasteiger partial charge >= 0.3 is 0 Å². The van der Waals surface area contributed by atoms with Gasteiger partial charge in [0.05, 0.1) is 11.9 Å². The molecule has 8 heteroatoms. The number of nitrogens with one attached hydrogen (secondary N) is 1. The minimum atomic E-state index is -3.73. The van der Waals surface area contributed by atoms with Crippen molar-refractivity contribution in [1.29, 1.82) is 0 Å². The SMILES string of the molecule is CC(C(=O)Nc1ccc2c(c1)oc1ccccc12)N(c1cccc(Cl)c1)S(C)(=O)=O. The lowest BCUT2D eigenvalue weighted by Crippen LogP contribution is -2.45. The van der Waals surface area contributed by atoms with Crippen molar-refractivity contribution in [2.45, 2.75) is 13.0 Å². The highest BCUT2D eigenvalue weighted by Crippen LogP contribution is 2.31. The molecular weight excluding hydrogens is 424 g/mol. The first-order valence-corrected chi connectivity index (χ1v) is 11.4. The summed E-state index contributed by atoms with van der Waals surface area (Å²) in [5, 5.41) is 5.08. The number of benzene rings is 3. The second-order valence-electron chi connectivity index (χ2n) is 7.01. The zero-order valence-electron chi connectivity index (χ0n) is 16.3. The van der Waals surface area contributed by atoms with Crippen molar-refractivity contribution in [3.8, 4) is 0 Å². The van der Waals surface area contributed by atoms with Crippen LogP contribution in [0.4, 0.5) is 11.4 Å². The van der Waals surface area contributed by atoms with Crippen molar-refractivity contribution >= 4 is 60.8 Å². The fraction of sp³-hybridized carbons (Fsp3) is 0.136. The minimum absolute atomic E-state index is 0.320. The molecule has 1 unspecified atom stereocenters. The first-order valence-electron chi connectivity index (χ1n) is 9.21. The third-order valence-electron chi connectivity index (χ3n) is 4.80. The van der Waals surface area contributed by atoms with E-state index in [0.29, 0.717) is 22.0 Å². The molecule has 0 fully saturated rings. The van der Waals surface area contributed by atoms with Crippen LogP contribution in [0.15, 0.2) is 71.1 Å². The Morgan fingerprint density at radius 3 is 2.47 bits per heavy atom. The summed E-state index contributed by atoms with van der Waals surface area (Å²) in [6.07, 6.45) is 1.05. The zero-order chi connectivity index (χ0) is 21.5. The molecule has 0 aliphatic heterocycles. The molecule has 1 atom stereocenters. The molecule has 0 aliphatic carbocycles.